The van der Waals surface area contributed by atoms with Gasteiger partial charge in [0.25, 0.3) is 0 Å². The van der Waals surface area contributed by atoms with Crippen molar-refractivity contribution in [3.63, 3.8) is 0 Å². The largest absolute Gasteiger partial charge is 0.471 e. The number of rotatable bonds is 3. The fraction of sp³-hybridized carbons (Fsp3) is 0.667. The van der Waals surface area contributed by atoms with E-state index in [4.69, 9.17) is 4.74 Å². The van der Waals surface area contributed by atoms with Gasteiger partial charge in [-0.3, -0.25) is 9.59 Å². The van der Waals surface area contributed by atoms with E-state index < -0.39 is 0 Å². The van der Waals surface area contributed by atoms with Gasteiger partial charge in [0, 0.05) is 38.5 Å². The van der Waals surface area contributed by atoms with Gasteiger partial charge in [-0.25, -0.2) is 0 Å². The lowest BCUT2D eigenvalue weighted by atomic mass is 9.94. The Kier molecular flexibility index (Phi) is 5.50. The highest BCUT2D eigenvalue weighted by Gasteiger charge is 2.32. The van der Waals surface area contributed by atoms with Gasteiger partial charge < -0.3 is 14.5 Å². The number of likely N-dealkylation sites (tertiary alicyclic amines) is 2. The molecule has 1 aromatic rings. The van der Waals surface area contributed by atoms with E-state index in [1.807, 2.05) is 28.9 Å². The molecule has 2 fully saturated rings. The molecule has 0 radical (unpaired) electrons. The Morgan fingerprint density at radius 2 is 1.84 bits per heavy atom. The molecule has 2 saturated heterocycles. The van der Waals surface area contributed by atoms with Crippen molar-refractivity contribution >= 4 is 11.8 Å². The summed E-state index contributed by atoms with van der Waals surface area (Å²) in [6.45, 7) is 6.21. The second kappa shape index (κ2) is 7.80. The quantitative estimate of drug-likeness (QED) is 0.827. The van der Waals surface area contributed by atoms with Gasteiger partial charge in [-0.1, -0.05) is 0 Å². The molecule has 0 unspecified atom stereocenters. The van der Waals surface area contributed by atoms with Gasteiger partial charge in [-0.05, 0) is 38.7 Å². The Labute approximate surface area is 148 Å². The fourth-order valence-corrected chi connectivity index (χ4v) is 3.55. The maximum Gasteiger partial charge on any atom is 0.233 e. The molecule has 2 aliphatic heterocycles. The van der Waals surface area contributed by atoms with Gasteiger partial charge >= 0.3 is 0 Å². The van der Waals surface area contributed by atoms with Crippen molar-refractivity contribution in [2.45, 2.75) is 45.6 Å². The van der Waals surface area contributed by atoms with Crippen molar-refractivity contribution in [3.8, 4) is 5.88 Å². The summed E-state index contributed by atoms with van der Waals surface area (Å²) < 4.78 is 5.91. The van der Waals surface area contributed by atoms with Crippen LogP contribution in [-0.4, -0.2) is 64.1 Å². The minimum absolute atomic E-state index is 0.0218. The van der Waals surface area contributed by atoms with Gasteiger partial charge in [0.2, 0.25) is 17.7 Å². The van der Waals surface area contributed by atoms with Crippen LogP contribution in [0.4, 0.5) is 0 Å². The van der Waals surface area contributed by atoms with E-state index >= 15 is 0 Å². The first-order valence-corrected chi connectivity index (χ1v) is 9.04. The van der Waals surface area contributed by atoms with Crippen LogP contribution in [0.5, 0.6) is 5.88 Å². The van der Waals surface area contributed by atoms with E-state index in [0.29, 0.717) is 25.5 Å². The average molecular weight is 346 g/mol. The summed E-state index contributed by atoms with van der Waals surface area (Å²) in [5.41, 5.74) is 0.852. The topological polar surface area (TPSA) is 75.6 Å². The number of hydrogen-bond acceptors (Lipinski definition) is 5. The summed E-state index contributed by atoms with van der Waals surface area (Å²) in [4.78, 5) is 28.0. The maximum atomic E-state index is 12.8. The Hall–Kier alpha value is -2.18. The average Bonchev–Trinajstić information content (AvgIpc) is 2.63. The zero-order valence-corrected chi connectivity index (χ0v) is 15.0. The summed E-state index contributed by atoms with van der Waals surface area (Å²) >= 11 is 0. The number of ether oxygens (including phenoxy) is 1. The molecule has 2 amide bonds. The number of aryl methyl sites for hydroxylation is 1. The lowest BCUT2D eigenvalue weighted by molar-refractivity contribution is -0.142. The minimum Gasteiger partial charge on any atom is -0.471 e. The summed E-state index contributed by atoms with van der Waals surface area (Å²) in [5, 5.41) is 8.05. The number of carbonyl (C=O) groups is 2. The van der Waals surface area contributed by atoms with Crippen molar-refractivity contribution < 1.29 is 14.3 Å². The summed E-state index contributed by atoms with van der Waals surface area (Å²) in [6, 6.07) is 3.69. The third kappa shape index (κ3) is 4.46. The first kappa shape index (κ1) is 17.6. The van der Waals surface area contributed by atoms with Crippen LogP contribution in [0.25, 0.3) is 0 Å². The smallest absolute Gasteiger partial charge is 0.233 e. The van der Waals surface area contributed by atoms with Crippen LogP contribution in [0, 0.1) is 12.8 Å². The molecule has 1 aromatic heterocycles. The third-order valence-electron chi connectivity index (χ3n) is 5.04. The second-order valence-electron chi connectivity index (χ2n) is 6.96. The molecule has 1 atom stereocenters. The van der Waals surface area contributed by atoms with E-state index in [-0.39, 0.29) is 23.8 Å². The highest BCUT2D eigenvalue weighted by molar-refractivity contribution is 5.80. The Morgan fingerprint density at radius 3 is 2.48 bits per heavy atom. The molecule has 0 aromatic carbocycles. The predicted molar refractivity (Wildman–Crippen MR) is 92.0 cm³/mol. The SMILES string of the molecule is CC(=O)N1CCC(C(=O)N2CCC[C@@H](Oc3ccc(C)nn3)C2)CC1. The van der Waals surface area contributed by atoms with Gasteiger partial charge in [0.1, 0.15) is 6.10 Å². The molecule has 0 bridgehead atoms. The number of piperidine rings is 2. The number of amides is 2. The number of nitrogens with zero attached hydrogens (tertiary/aromatic N) is 4. The first-order valence-electron chi connectivity index (χ1n) is 9.04. The Morgan fingerprint density at radius 1 is 1.08 bits per heavy atom. The molecule has 136 valence electrons. The van der Waals surface area contributed by atoms with E-state index in [9.17, 15) is 9.59 Å². The van der Waals surface area contributed by atoms with Crippen LogP contribution in [-0.2, 0) is 9.59 Å². The Bertz CT molecular complexity index is 611. The van der Waals surface area contributed by atoms with E-state index in [1.165, 1.54) is 0 Å². The summed E-state index contributed by atoms with van der Waals surface area (Å²) in [6.07, 6.45) is 3.32. The molecule has 0 N–H and O–H groups in total. The summed E-state index contributed by atoms with van der Waals surface area (Å²) in [5.74, 6) is 0.830. The standard InChI is InChI=1S/C18H26N4O3/c1-13-5-6-17(20-19-13)25-16-4-3-9-22(12-16)18(24)15-7-10-21(11-8-15)14(2)23/h5-6,15-16H,3-4,7-12H2,1-2H3/t16-/m1/s1. The highest BCUT2D eigenvalue weighted by Crippen LogP contribution is 2.23. The van der Waals surface area contributed by atoms with E-state index in [1.54, 1.807) is 6.92 Å². The minimum atomic E-state index is -0.0352. The normalized spacial score (nSPS) is 21.9. The second-order valence-corrected chi connectivity index (χ2v) is 6.96. The first-order chi connectivity index (χ1) is 12.0. The predicted octanol–water partition coefficient (Wildman–Crippen LogP) is 1.41. The maximum absolute atomic E-state index is 12.8. The molecule has 0 spiro atoms. The molecule has 0 aliphatic carbocycles. The molecule has 25 heavy (non-hydrogen) atoms. The van der Waals surface area contributed by atoms with Crippen LogP contribution < -0.4 is 4.74 Å². The number of hydrogen-bond donors (Lipinski definition) is 0. The fourth-order valence-electron chi connectivity index (χ4n) is 3.55. The lowest BCUT2D eigenvalue weighted by Gasteiger charge is -2.37. The molecule has 3 heterocycles. The van der Waals surface area contributed by atoms with Gasteiger partial charge in [0.15, 0.2) is 0 Å². The molecule has 3 rings (SSSR count). The molecule has 7 nitrogen and oxygen atoms in total. The van der Waals surface area contributed by atoms with E-state index in [0.717, 1.165) is 37.9 Å². The van der Waals surface area contributed by atoms with Crippen molar-refractivity contribution in [2.75, 3.05) is 26.2 Å². The molecular weight excluding hydrogens is 320 g/mol. The molecule has 7 heteroatoms. The van der Waals surface area contributed by atoms with Gasteiger partial charge in [-0.15, -0.1) is 5.10 Å². The van der Waals surface area contributed by atoms with Crippen LogP contribution in [0.15, 0.2) is 12.1 Å². The van der Waals surface area contributed by atoms with Crippen molar-refractivity contribution in [1.82, 2.24) is 20.0 Å². The van der Waals surface area contributed by atoms with Gasteiger partial charge in [-0.2, -0.15) is 5.10 Å². The van der Waals surface area contributed by atoms with Crippen LogP contribution in [0.1, 0.15) is 38.3 Å². The molecule has 0 saturated carbocycles. The van der Waals surface area contributed by atoms with Crippen molar-refractivity contribution in [2.24, 2.45) is 5.92 Å². The molecular formula is C18H26N4O3. The summed E-state index contributed by atoms with van der Waals surface area (Å²) in [7, 11) is 0. The molecule has 2 aliphatic rings. The monoisotopic (exact) mass is 346 g/mol. The van der Waals surface area contributed by atoms with Crippen LogP contribution in [0.2, 0.25) is 0 Å². The van der Waals surface area contributed by atoms with E-state index in [2.05, 4.69) is 10.2 Å². The van der Waals surface area contributed by atoms with Crippen LogP contribution in [0.3, 0.4) is 0 Å². The zero-order valence-electron chi connectivity index (χ0n) is 15.0. The van der Waals surface area contributed by atoms with Gasteiger partial charge in [0.05, 0.1) is 12.2 Å². The number of carbonyl (C=O) groups excluding carboxylic acids is 2. The van der Waals surface area contributed by atoms with Crippen molar-refractivity contribution in [1.29, 1.82) is 0 Å². The lowest BCUT2D eigenvalue weighted by Crippen LogP contribution is -2.49. The zero-order chi connectivity index (χ0) is 17.8. The van der Waals surface area contributed by atoms with Crippen LogP contribution >= 0.6 is 0 Å². The third-order valence-corrected chi connectivity index (χ3v) is 5.04. The number of aromatic nitrogens is 2. The Balaban J connectivity index is 1.53. The van der Waals surface area contributed by atoms with Crippen molar-refractivity contribution in [3.05, 3.63) is 17.8 Å². The highest BCUT2D eigenvalue weighted by atomic mass is 16.5.